The van der Waals surface area contributed by atoms with Crippen LogP contribution >= 0.6 is 11.6 Å². The van der Waals surface area contributed by atoms with Crippen LogP contribution < -0.4 is 4.74 Å². The summed E-state index contributed by atoms with van der Waals surface area (Å²) in [4.78, 5) is 25.3. The van der Waals surface area contributed by atoms with E-state index in [9.17, 15) is 9.59 Å². The molecule has 2 aliphatic carbocycles. The Labute approximate surface area is 173 Å². The van der Waals surface area contributed by atoms with Gasteiger partial charge in [-0.25, -0.2) is 0 Å². The van der Waals surface area contributed by atoms with E-state index in [0.717, 1.165) is 28.3 Å². The van der Waals surface area contributed by atoms with Crippen LogP contribution in [0.2, 0.25) is 5.02 Å². The fraction of sp³-hybridized carbons (Fsp3) is 0.261. The molecule has 6 heteroatoms. The summed E-state index contributed by atoms with van der Waals surface area (Å²) in [6.45, 7) is 0.445. The Morgan fingerprint density at radius 3 is 2.21 bits per heavy atom. The highest BCUT2D eigenvalue weighted by molar-refractivity contribution is 6.30. The first-order valence-electron chi connectivity index (χ1n) is 9.67. The standard InChI is InChI=1S/C23H19ClN2O3/c24-18-7-1-15(2-8-18)13-29-19-9-3-14(4-10-19)12-25-26-22(27)20-16-5-6-17(11-16)21(20)23(26)28/h1-10,12,16-17,20-21H,11,13H2/b25-12+. The second kappa shape index (κ2) is 7.16. The number of hydrazone groups is 1. The Bertz CT molecular complexity index is 983. The van der Waals surface area contributed by atoms with Crippen molar-refractivity contribution in [2.75, 3.05) is 0 Å². The van der Waals surface area contributed by atoms with Crippen LogP contribution in [0.4, 0.5) is 0 Å². The minimum Gasteiger partial charge on any atom is -0.489 e. The van der Waals surface area contributed by atoms with Crippen molar-refractivity contribution in [3.8, 4) is 5.75 Å². The molecule has 5 rings (SSSR count). The Hall–Kier alpha value is -2.92. The molecular formula is C23H19ClN2O3. The van der Waals surface area contributed by atoms with Crippen LogP contribution in [0.25, 0.3) is 0 Å². The van der Waals surface area contributed by atoms with Crippen molar-refractivity contribution in [1.82, 2.24) is 5.01 Å². The highest BCUT2D eigenvalue weighted by atomic mass is 35.5. The van der Waals surface area contributed by atoms with Gasteiger partial charge in [0.2, 0.25) is 0 Å². The maximum absolute atomic E-state index is 12.6. The highest BCUT2D eigenvalue weighted by Crippen LogP contribution is 2.52. The van der Waals surface area contributed by atoms with Gasteiger partial charge in [-0.2, -0.15) is 10.1 Å². The monoisotopic (exact) mass is 406 g/mol. The molecule has 1 heterocycles. The number of nitrogens with zero attached hydrogens (tertiary/aromatic N) is 2. The first-order valence-corrected chi connectivity index (χ1v) is 10.1. The molecule has 2 amide bonds. The molecule has 1 aliphatic heterocycles. The minimum atomic E-state index is -0.224. The second-order valence-corrected chi connectivity index (χ2v) is 8.15. The van der Waals surface area contributed by atoms with E-state index in [2.05, 4.69) is 17.3 Å². The molecule has 0 spiro atoms. The van der Waals surface area contributed by atoms with Crippen molar-refractivity contribution in [3.05, 3.63) is 76.8 Å². The van der Waals surface area contributed by atoms with E-state index >= 15 is 0 Å². The molecule has 3 aliphatic rings. The van der Waals surface area contributed by atoms with E-state index in [0.29, 0.717) is 11.6 Å². The van der Waals surface area contributed by atoms with Crippen LogP contribution in [0, 0.1) is 23.7 Å². The number of amides is 2. The molecule has 0 N–H and O–H groups in total. The van der Waals surface area contributed by atoms with Gasteiger partial charge in [0, 0.05) is 5.02 Å². The number of hydrogen-bond acceptors (Lipinski definition) is 4. The molecule has 4 unspecified atom stereocenters. The van der Waals surface area contributed by atoms with Crippen LogP contribution in [0.3, 0.4) is 0 Å². The van der Waals surface area contributed by atoms with Crippen molar-refractivity contribution in [3.63, 3.8) is 0 Å². The van der Waals surface area contributed by atoms with E-state index in [-0.39, 0.29) is 35.5 Å². The van der Waals surface area contributed by atoms with Gasteiger partial charge in [-0.05, 0) is 65.8 Å². The van der Waals surface area contributed by atoms with Crippen LogP contribution in [0.15, 0.2) is 65.8 Å². The third kappa shape index (κ3) is 3.25. The molecular weight excluding hydrogens is 388 g/mol. The van der Waals surface area contributed by atoms with Gasteiger partial charge in [-0.15, -0.1) is 0 Å². The van der Waals surface area contributed by atoms with E-state index in [1.807, 2.05) is 48.5 Å². The first-order chi connectivity index (χ1) is 14.1. The van der Waals surface area contributed by atoms with Crippen LogP contribution in [-0.2, 0) is 16.2 Å². The van der Waals surface area contributed by atoms with Crippen molar-refractivity contribution in [2.24, 2.45) is 28.8 Å². The van der Waals surface area contributed by atoms with Gasteiger partial charge in [-0.3, -0.25) is 9.59 Å². The average Bonchev–Trinajstić information content (AvgIpc) is 3.41. The van der Waals surface area contributed by atoms with E-state index in [1.54, 1.807) is 6.21 Å². The predicted molar refractivity (Wildman–Crippen MR) is 109 cm³/mol. The molecule has 5 nitrogen and oxygen atoms in total. The third-order valence-electron chi connectivity index (χ3n) is 5.97. The second-order valence-electron chi connectivity index (χ2n) is 7.72. The van der Waals surface area contributed by atoms with Gasteiger partial charge in [-0.1, -0.05) is 35.9 Å². The van der Waals surface area contributed by atoms with Crippen LogP contribution in [0.5, 0.6) is 5.75 Å². The number of rotatable bonds is 5. The Morgan fingerprint density at radius 2 is 1.59 bits per heavy atom. The zero-order chi connectivity index (χ0) is 20.0. The number of fused-ring (bicyclic) bond motifs is 5. The summed E-state index contributed by atoms with van der Waals surface area (Å²) in [7, 11) is 0. The molecule has 1 saturated carbocycles. The predicted octanol–water partition coefficient (Wildman–Crippen LogP) is 4.06. The third-order valence-corrected chi connectivity index (χ3v) is 6.22. The summed E-state index contributed by atoms with van der Waals surface area (Å²) < 4.78 is 5.77. The number of carbonyl (C=O) groups excluding carboxylic acids is 2. The Morgan fingerprint density at radius 1 is 0.966 bits per heavy atom. The molecule has 2 aromatic carbocycles. The van der Waals surface area contributed by atoms with Crippen LogP contribution in [0.1, 0.15) is 17.5 Å². The first kappa shape index (κ1) is 18.1. The number of hydrogen-bond donors (Lipinski definition) is 0. The Kier molecular flexibility index (Phi) is 4.47. The van der Waals surface area contributed by atoms with Gasteiger partial charge >= 0.3 is 0 Å². The van der Waals surface area contributed by atoms with Crippen LogP contribution in [-0.4, -0.2) is 23.0 Å². The molecule has 2 aromatic rings. The molecule has 2 bridgehead atoms. The number of carbonyl (C=O) groups is 2. The summed E-state index contributed by atoms with van der Waals surface area (Å²) in [5, 5.41) is 5.95. The largest absolute Gasteiger partial charge is 0.489 e. The zero-order valence-electron chi connectivity index (χ0n) is 15.6. The summed E-state index contributed by atoms with van der Waals surface area (Å²) in [6.07, 6.45) is 6.62. The summed E-state index contributed by atoms with van der Waals surface area (Å²) in [5.74, 6) is 0.323. The van der Waals surface area contributed by atoms with Crippen molar-refractivity contribution >= 4 is 29.6 Å². The summed E-state index contributed by atoms with van der Waals surface area (Å²) in [6, 6.07) is 14.9. The lowest BCUT2D eigenvalue weighted by atomic mass is 9.85. The van der Waals surface area contributed by atoms with Gasteiger partial charge in [0.15, 0.2) is 0 Å². The zero-order valence-corrected chi connectivity index (χ0v) is 16.3. The SMILES string of the molecule is O=C1C2C3C=CC(C3)C2C(=O)N1/N=C/c1ccc(OCc2ccc(Cl)cc2)cc1. The maximum atomic E-state index is 12.6. The number of benzene rings is 2. The van der Waals surface area contributed by atoms with E-state index in [1.165, 1.54) is 0 Å². The maximum Gasteiger partial charge on any atom is 0.254 e. The quantitative estimate of drug-likeness (QED) is 0.427. The molecule has 1 saturated heterocycles. The summed E-state index contributed by atoms with van der Waals surface area (Å²) >= 11 is 5.88. The van der Waals surface area contributed by atoms with E-state index < -0.39 is 0 Å². The molecule has 29 heavy (non-hydrogen) atoms. The average molecular weight is 407 g/mol. The minimum absolute atomic E-state index is 0.170. The summed E-state index contributed by atoms with van der Waals surface area (Å²) in [5.41, 5.74) is 1.82. The van der Waals surface area contributed by atoms with Gasteiger partial charge in [0.05, 0.1) is 18.1 Å². The Balaban J connectivity index is 1.22. The fourth-order valence-electron chi connectivity index (χ4n) is 4.52. The number of imide groups is 1. The molecule has 0 aromatic heterocycles. The van der Waals surface area contributed by atoms with Crippen molar-refractivity contribution in [1.29, 1.82) is 0 Å². The highest BCUT2D eigenvalue weighted by Gasteiger charge is 2.59. The lowest BCUT2D eigenvalue weighted by Crippen LogP contribution is -2.28. The fourth-order valence-corrected chi connectivity index (χ4v) is 4.65. The lowest BCUT2D eigenvalue weighted by Gasteiger charge is -2.13. The molecule has 0 radical (unpaired) electrons. The normalized spacial score (nSPS) is 27.3. The number of allylic oxidation sites excluding steroid dienone is 2. The topological polar surface area (TPSA) is 59.0 Å². The smallest absolute Gasteiger partial charge is 0.254 e. The number of ether oxygens (including phenoxy) is 1. The molecule has 146 valence electrons. The van der Waals surface area contributed by atoms with Crippen molar-refractivity contribution < 1.29 is 14.3 Å². The van der Waals surface area contributed by atoms with E-state index in [4.69, 9.17) is 16.3 Å². The van der Waals surface area contributed by atoms with Crippen molar-refractivity contribution in [2.45, 2.75) is 13.0 Å². The molecule has 4 atom stereocenters. The lowest BCUT2D eigenvalue weighted by molar-refractivity contribution is -0.140. The number of halogens is 1. The molecule has 2 fully saturated rings. The van der Waals surface area contributed by atoms with Gasteiger partial charge in [0.25, 0.3) is 11.8 Å². The van der Waals surface area contributed by atoms with Gasteiger partial charge < -0.3 is 4.74 Å². The van der Waals surface area contributed by atoms with Gasteiger partial charge in [0.1, 0.15) is 12.4 Å².